The van der Waals surface area contributed by atoms with Gasteiger partial charge < -0.3 is 15.2 Å². The number of para-hydroxylation sites is 1. The predicted octanol–water partition coefficient (Wildman–Crippen LogP) is 3.06. The Morgan fingerprint density at radius 1 is 1.16 bits per heavy atom. The van der Waals surface area contributed by atoms with Crippen molar-refractivity contribution in [2.45, 2.75) is 40.7 Å². The molecule has 0 fully saturated rings. The third-order valence-electron chi connectivity index (χ3n) is 3.74. The second kappa shape index (κ2) is 8.92. The van der Waals surface area contributed by atoms with Gasteiger partial charge in [0.05, 0.1) is 30.1 Å². The molecular formula is C18H28N2O5. The highest BCUT2D eigenvalue weighted by molar-refractivity contribution is 5.70. The second-order valence-electron chi connectivity index (χ2n) is 7.75. The monoisotopic (exact) mass is 352 g/mol. The molecule has 0 heterocycles. The minimum Gasteiger partial charge on any atom is -0.461 e. The number of rotatable bonds is 10. The average Bonchev–Trinajstić information content (AvgIpc) is 2.52. The van der Waals surface area contributed by atoms with E-state index in [4.69, 9.17) is 15.2 Å². The summed E-state index contributed by atoms with van der Waals surface area (Å²) < 4.78 is 10.9. The van der Waals surface area contributed by atoms with Gasteiger partial charge in [-0.1, -0.05) is 39.8 Å². The van der Waals surface area contributed by atoms with E-state index in [-0.39, 0.29) is 24.1 Å². The maximum absolute atomic E-state index is 12.1. The van der Waals surface area contributed by atoms with E-state index in [0.29, 0.717) is 25.3 Å². The molecule has 0 bridgehead atoms. The number of nitrogens with two attached hydrogens (primary N) is 1. The quantitative estimate of drug-likeness (QED) is 0.394. The second-order valence-corrected chi connectivity index (χ2v) is 7.75. The van der Waals surface area contributed by atoms with Gasteiger partial charge in [-0.05, 0) is 18.0 Å². The molecule has 0 amide bonds. The molecule has 1 aromatic rings. The topological polar surface area (TPSA) is 105 Å². The number of benzene rings is 1. The molecular weight excluding hydrogens is 324 g/mol. The van der Waals surface area contributed by atoms with Crippen molar-refractivity contribution in [2.24, 2.45) is 16.6 Å². The molecule has 1 aromatic carbocycles. The lowest BCUT2D eigenvalue weighted by atomic mass is 9.90. The Bertz CT molecular complexity index is 599. The Kier molecular flexibility index (Phi) is 7.51. The molecule has 2 N–H and O–H groups in total. The lowest BCUT2D eigenvalue weighted by molar-refractivity contribution is -0.385. The zero-order chi connectivity index (χ0) is 19.1. The maximum Gasteiger partial charge on any atom is 0.306 e. The van der Waals surface area contributed by atoms with Gasteiger partial charge in [-0.3, -0.25) is 14.9 Å². The molecule has 0 atom stereocenters. The summed E-state index contributed by atoms with van der Waals surface area (Å²) in [4.78, 5) is 22.5. The van der Waals surface area contributed by atoms with Crippen molar-refractivity contribution < 1.29 is 19.2 Å². The minimum atomic E-state index is -0.486. The lowest BCUT2D eigenvalue weighted by Gasteiger charge is -2.27. The molecule has 0 aliphatic carbocycles. The number of hydrogen-bond donors (Lipinski definition) is 1. The van der Waals surface area contributed by atoms with Crippen LogP contribution < -0.4 is 5.73 Å². The third-order valence-corrected chi connectivity index (χ3v) is 3.74. The van der Waals surface area contributed by atoms with Crippen LogP contribution in [-0.2, 0) is 20.9 Å². The van der Waals surface area contributed by atoms with Gasteiger partial charge in [0, 0.05) is 11.5 Å². The first-order chi connectivity index (χ1) is 11.6. The van der Waals surface area contributed by atoms with Crippen LogP contribution in [-0.4, -0.2) is 30.7 Å². The number of ether oxygens (including phenoxy) is 2. The number of nitro benzene ring substituents is 1. The molecule has 0 unspecified atom stereocenters. The first kappa shape index (κ1) is 21.1. The van der Waals surface area contributed by atoms with E-state index in [1.54, 1.807) is 18.2 Å². The van der Waals surface area contributed by atoms with Crippen LogP contribution in [0.4, 0.5) is 5.69 Å². The smallest absolute Gasteiger partial charge is 0.306 e. The molecule has 0 saturated carbocycles. The maximum atomic E-state index is 12.1. The van der Waals surface area contributed by atoms with Crippen molar-refractivity contribution in [3.63, 3.8) is 0 Å². The largest absolute Gasteiger partial charge is 0.461 e. The summed E-state index contributed by atoms with van der Waals surface area (Å²) in [5, 5.41) is 11.0. The number of nitro groups is 1. The van der Waals surface area contributed by atoms with Gasteiger partial charge >= 0.3 is 5.97 Å². The van der Waals surface area contributed by atoms with E-state index in [9.17, 15) is 14.9 Å². The van der Waals surface area contributed by atoms with Crippen LogP contribution in [0.5, 0.6) is 0 Å². The van der Waals surface area contributed by atoms with Crippen molar-refractivity contribution in [1.82, 2.24) is 0 Å². The van der Waals surface area contributed by atoms with E-state index < -0.39 is 16.3 Å². The highest BCUT2D eigenvalue weighted by atomic mass is 16.6. The van der Waals surface area contributed by atoms with E-state index in [1.165, 1.54) is 6.07 Å². The molecule has 0 aliphatic heterocycles. The predicted molar refractivity (Wildman–Crippen MR) is 94.9 cm³/mol. The summed E-state index contributed by atoms with van der Waals surface area (Å²) >= 11 is 0. The highest BCUT2D eigenvalue weighted by Gasteiger charge is 2.25. The first-order valence-electron chi connectivity index (χ1n) is 8.22. The Balaban J connectivity index is 2.49. The fourth-order valence-electron chi connectivity index (χ4n) is 2.12. The fraction of sp³-hybridized carbons (Fsp3) is 0.611. The summed E-state index contributed by atoms with van der Waals surface area (Å²) in [7, 11) is 0. The molecule has 1 rings (SSSR count). The summed E-state index contributed by atoms with van der Waals surface area (Å²) in [6.07, 6.45) is 0.163. The third kappa shape index (κ3) is 7.62. The Labute approximate surface area is 148 Å². The summed E-state index contributed by atoms with van der Waals surface area (Å²) in [6.45, 7) is 9.17. The van der Waals surface area contributed by atoms with Gasteiger partial charge in [0.2, 0.25) is 0 Å². The summed E-state index contributed by atoms with van der Waals surface area (Å²) in [5.74, 6) is -0.412. The van der Waals surface area contributed by atoms with E-state index in [0.717, 1.165) is 0 Å². The molecule has 7 nitrogen and oxygen atoms in total. The van der Waals surface area contributed by atoms with Crippen molar-refractivity contribution in [3.05, 3.63) is 39.9 Å². The number of carbonyl (C=O) groups excluding carboxylic acids is 1. The van der Waals surface area contributed by atoms with Crippen LogP contribution in [0.2, 0.25) is 0 Å². The first-order valence-corrected chi connectivity index (χ1v) is 8.22. The van der Waals surface area contributed by atoms with E-state index in [2.05, 4.69) is 0 Å². The normalized spacial score (nSPS) is 12.0. The summed E-state index contributed by atoms with van der Waals surface area (Å²) in [5.41, 5.74) is 5.48. The Morgan fingerprint density at radius 2 is 1.76 bits per heavy atom. The van der Waals surface area contributed by atoms with E-state index in [1.807, 2.05) is 27.7 Å². The molecule has 0 aromatic heterocycles. The van der Waals surface area contributed by atoms with Crippen molar-refractivity contribution in [2.75, 3.05) is 19.8 Å². The van der Waals surface area contributed by atoms with Crippen LogP contribution in [0.25, 0.3) is 0 Å². The fourth-order valence-corrected chi connectivity index (χ4v) is 2.12. The minimum absolute atomic E-state index is 0.0538. The number of esters is 1. The number of hydrogen-bond acceptors (Lipinski definition) is 6. The lowest BCUT2D eigenvalue weighted by Crippen LogP contribution is -2.32. The van der Waals surface area contributed by atoms with Gasteiger partial charge in [-0.15, -0.1) is 0 Å². The van der Waals surface area contributed by atoms with Gasteiger partial charge in [0.25, 0.3) is 5.69 Å². The zero-order valence-electron chi connectivity index (χ0n) is 15.4. The van der Waals surface area contributed by atoms with Crippen LogP contribution in [0.3, 0.4) is 0 Å². The van der Waals surface area contributed by atoms with Crippen LogP contribution >= 0.6 is 0 Å². The SMILES string of the molecule is CC(C)(CN)COCC(C)(C)CC(=O)OCc1ccccc1[N+](=O)[O-]. The van der Waals surface area contributed by atoms with Crippen molar-refractivity contribution >= 4 is 11.7 Å². The molecule has 140 valence electrons. The molecule has 0 radical (unpaired) electrons. The Morgan fingerprint density at radius 3 is 2.36 bits per heavy atom. The van der Waals surface area contributed by atoms with Crippen LogP contribution in [0.1, 0.15) is 39.7 Å². The number of nitrogens with zero attached hydrogens (tertiary/aromatic N) is 1. The van der Waals surface area contributed by atoms with Gasteiger partial charge in [-0.2, -0.15) is 0 Å². The van der Waals surface area contributed by atoms with Gasteiger partial charge in [0.15, 0.2) is 0 Å². The summed E-state index contributed by atoms with van der Waals surface area (Å²) in [6, 6.07) is 6.22. The highest BCUT2D eigenvalue weighted by Crippen LogP contribution is 2.24. The van der Waals surface area contributed by atoms with Gasteiger partial charge in [-0.25, -0.2) is 0 Å². The number of carbonyl (C=O) groups is 1. The van der Waals surface area contributed by atoms with Crippen molar-refractivity contribution in [1.29, 1.82) is 0 Å². The van der Waals surface area contributed by atoms with E-state index >= 15 is 0 Å². The average molecular weight is 352 g/mol. The molecule has 0 saturated heterocycles. The Hall–Kier alpha value is -1.99. The van der Waals surface area contributed by atoms with Crippen molar-refractivity contribution in [3.8, 4) is 0 Å². The standard InChI is InChI=1S/C18H28N2O5/c1-17(2,12-24-13-18(3,4)11-19)9-16(21)25-10-14-7-5-6-8-15(14)20(22)23/h5-8H,9-13,19H2,1-4H3. The van der Waals surface area contributed by atoms with Crippen LogP contribution in [0.15, 0.2) is 24.3 Å². The molecule has 0 spiro atoms. The molecule has 7 heteroatoms. The van der Waals surface area contributed by atoms with Crippen LogP contribution in [0, 0.1) is 20.9 Å². The zero-order valence-corrected chi connectivity index (χ0v) is 15.4. The molecule has 0 aliphatic rings. The van der Waals surface area contributed by atoms with Gasteiger partial charge in [0.1, 0.15) is 6.61 Å². The molecule has 25 heavy (non-hydrogen) atoms.